The topological polar surface area (TPSA) is 65.4 Å². The summed E-state index contributed by atoms with van der Waals surface area (Å²) in [5.74, 6) is 0.155. The molecule has 24 heavy (non-hydrogen) atoms. The zero-order valence-electron chi connectivity index (χ0n) is 12.4. The van der Waals surface area contributed by atoms with E-state index in [9.17, 15) is 18.0 Å². The molecule has 0 bridgehead atoms. The highest BCUT2D eigenvalue weighted by atomic mass is 19.4. The maximum Gasteiger partial charge on any atom is 0.397 e. The minimum absolute atomic E-state index is 0.196. The highest BCUT2D eigenvalue weighted by Gasteiger charge is 2.31. The Morgan fingerprint density at radius 1 is 1.33 bits per heavy atom. The molecule has 1 N–H and O–H groups in total. The number of hydrogen-bond donors (Lipinski definition) is 1. The molecular formula is C15H14F3N3O3. The van der Waals surface area contributed by atoms with Gasteiger partial charge >= 0.3 is 6.18 Å². The predicted octanol–water partition coefficient (Wildman–Crippen LogP) is 2.61. The molecule has 0 saturated heterocycles. The van der Waals surface area contributed by atoms with Crippen LogP contribution in [0.15, 0.2) is 36.7 Å². The molecule has 0 radical (unpaired) electrons. The quantitative estimate of drug-likeness (QED) is 0.928. The van der Waals surface area contributed by atoms with Crippen molar-refractivity contribution in [1.29, 1.82) is 0 Å². The minimum Gasteiger partial charge on any atom is -0.486 e. The number of amides is 1. The Hall–Kier alpha value is -2.71. The van der Waals surface area contributed by atoms with Crippen LogP contribution in [0.3, 0.4) is 0 Å². The second kappa shape index (κ2) is 6.42. The number of aromatic nitrogens is 2. The maximum absolute atomic E-state index is 12.1. The van der Waals surface area contributed by atoms with Crippen molar-refractivity contribution in [3.05, 3.63) is 36.7 Å². The Labute approximate surface area is 135 Å². The first-order valence-electron chi connectivity index (χ1n) is 7.16. The molecule has 1 atom stereocenters. The van der Waals surface area contributed by atoms with Crippen LogP contribution in [-0.4, -0.2) is 34.6 Å². The number of para-hydroxylation sites is 2. The van der Waals surface area contributed by atoms with Crippen molar-refractivity contribution in [3.63, 3.8) is 0 Å². The largest absolute Gasteiger partial charge is 0.486 e. The third-order valence-corrected chi connectivity index (χ3v) is 3.24. The number of nitrogens with one attached hydrogen (secondary N) is 1. The summed E-state index contributed by atoms with van der Waals surface area (Å²) in [6.07, 6.45) is -3.64. The fourth-order valence-electron chi connectivity index (χ4n) is 2.28. The first kappa shape index (κ1) is 16.2. The van der Waals surface area contributed by atoms with Crippen molar-refractivity contribution in [2.75, 3.05) is 11.9 Å². The lowest BCUT2D eigenvalue weighted by molar-refractivity contribution is -0.150. The first-order valence-corrected chi connectivity index (χ1v) is 7.16. The fraction of sp³-hybridized carbons (Fsp3) is 0.333. The lowest BCUT2D eigenvalue weighted by Crippen LogP contribution is -2.33. The van der Waals surface area contributed by atoms with Gasteiger partial charge in [-0.1, -0.05) is 12.1 Å². The number of hydrogen-bond acceptors (Lipinski definition) is 4. The molecule has 0 spiro atoms. The van der Waals surface area contributed by atoms with Crippen LogP contribution in [0.1, 0.15) is 6.42 Å². The van der Waals surface area contributed by atoms with Gasteiger partial charge in [0.05, 0.1) is 18.4 Å². The van der Waals surface area contributed by atoms with Crippen LogP contribution in [0.2, 0.25) is 0 Å². The molecule has 0 fully saturated rings. The molecule has 1 aromatic heterocycles. The summed E-state index contributed by atoms with van der Waals surface area (Å²) in [5, 5.41) is 6.16. The van der Waals surface area contributed by atoms with Gasteiger partial charge in [-0.2, -0.15) is 18.3 Å². The summed E-state index contributed by atoms with van der Waals surface area (Å²) in [4.78, 5) is 11.3. The number of rotatable bonds is 4. The van der Waals surface area contributed by atoms with E-state index < -0.39 is 18.5 Å². The number of benzene rings is 1. The van der Waals surface area contributed by atoms with Gasteiger partial charge in [-0.3, -0.25) is 9.48 Å². The molecule has 3 rings (SSSR count). The van der Waals surface area contributed by atoms with E-state index in [2.05, 4.69) is 10.4 Å². The van der Waals surface area contributed by atoms with Gasteiger partial charge in [-0.25, -0.2) is 0 Å². The highest BCUT2D eigenvalue weighted by molar-refractivity contribution is 5.90. The number of carbonyl (C=O) groups excluding carboxylic acids is 1. The molecule has 0 unspecified atom stereocenters. The number of halogens is 3. The van der Waals surface area contributed by atoms with Crippen molar-refractivity contribution >= 4 is 11.6 Å². The summed E-state index contributed by atoms with van der Waals surface area (Å²) in [6.45, 7) is 0.663. The van der Waals surface area contributed by atoms with Gasteiger partial charge in [0.25, 0.3) is 0 Å². The number of nitrogens with zero attached hydrogens (tertiary/aromatic N) is 2. The molecule has 6 nitrogen and oxygen atoms in total. The van der Waals surface area contributed by atoms with Crippen LogP contribution in [0.4, 0.5) is 18.9 Å². The molecule has 9 heteroatoms. The average Bonchev–Trinajstić information content (AvgIpc) is 2.92. The van der Waals surface area contributed by atoms with E-state index in [1.165, 1.54) is 17.1 Å². The first-order chi connectivity index (χ1) is 11.4. The number of carbonyl (C=O) groups is 1. The Bertz CT molecular complexity index is 730. The summed E-state index contributed by atoms with van der Waals surface area (Å²) >= 11 is 0. The van der Waals surface area contributed by atoms with Gasteiger partial charge in [0.15, 0.2) is 17.6 Å². The van der Waals surface area contributed by atoms with Crippen LogP contribution < -0.4 is 14.8 Å². The summed E-state index contributed by atoms with van der Waals surface area (Å²) in [5.41, 5.74) is 0.196. The van der Waals surface area contributed by atoms with Crippen molar-refractivity contribution in [1.82, 2.24) is 9.78 Å². The van der Waals surface area contributed by atoms with E-state index in [0.29, 0.717) is 24.7 Å². The van der Waals surface area contributed by atoms with Gasteiger partial charge < -0.3 is 14.8 Å². The zero-order chi connectivity index (χ0) is 17.2. The summed E-state index contributed by atoms with van der Waals surface area (Å²) in [6, 6.07) is 7.25. The minimum atomic E-state index is -4.54. The van der Waals surface area contributed by atoms with Crippen LogP contribution >= 0.6 is 0 Å². The van der Waals surface area contributed by atoms with Gasteiger partial charge in [-0.15, -0.1) is 0 Å². The van der Waals surface area contributed by atoms with Crippen molar-refractivity contribution in [2.24, 2.45) is 0 Å². The van der Waals surface area contributed by atoms with E-state index in [-0.39, 0.29) is 11.8 Å². The smallest absolute Gasteiger partial charge is 0.397 e. The van der Waals surface area contributed by atoms with Gasteiger partial charge in [0.1, 0.15) is 13.0 Å². The highest BCUT2D eigenvalue weighted by Crippen LogP contribution is 2.31. The van der Waals surface area contributed by atoms with E-state index in [1.807, 2.05) is 12.1 Å². The standard InChI is InChI=1S/C15H14F3N3O3/c16-15(17,18)5-14(22)20-10-6-19-21(7-10)8-11-9-23-12-3-1-2-4-13(12)24-11/h1-4,6-7,11H,5,8-9H2,(H,20,22)/t11-/m1/s1. The molecule has 0 saturated carbocycles. The zero-order valence-corrected chi connectivity index (χ0v) is 12.4. The Morgan fingerprint density at radius 2 is 2.08 bits per heavy atom. The van der Waals surface area contributed by atoms with E-state index in [1.54, 1.807) is 12.1 Å². The van der Waals surface area contributed by atoms with Crippen LogP contribution in [-0.2, 0) is 11.3 Å². The number of fused-ring (bicyclic) bond motifs is 1. The Kier molecular flexibility index (Phi) is 4.32. The summed E-state index contributed by atoms with van der Waals surface area (Å²) < 4.78 is 49.2. The molecule has 1 aliphatic heterocycles. The lowest BCUT2D eigenvalue weighted by Gasteiger charge is -2.26. The van der Waals surface area contributed by atoms with Crippen LogP contribution in [0.25, 0.3) is 0 Å². The number of anilines is 1. The molecule has 1 amide bonds. The predicted molar refractivity (Wildman–Crippen MR) is 77.9 cm³/mol. The van der Waals surface area contributed by atoms with E-state index in [0.717, 1.165) is 0 Å². The Balaban J connectivity index is 1.56. The molecule has 2 aromatic rings. The average molecular weight is 341 g/mol. The normalized spacial score (nSPS) is 16.7. The van der Waals surface area contributed by atoms with Crippen LogP contribution in [0.5, 0.6) is 11.5 Å². The fourth-order valence-corrected chi connectivity index (χ4v) is 2.28. The van der Waals surface area contributed by atoms with Gasteiger partial charge in [0, 0.05) is 6.20 Å². The third-order valence-electron chi connectivity index (χ3n) is 3.24. The molecule has 1 aromatic carbocycles. The van der Waals surface area contributed by atoms with Crippen LogP contribution in [0, 0.1) is 0 Å². The third kappa shape index (κ3) is 4.18. The second-order valence-electron chi connectivity index (χ2n) is 5.29. The monoisotopic (exact) mass is 341 g/mol. The molecule has 128 valence electrons. The molecule has 1 aliphatic rings. The summed E-state index contributed by atoms with van der Waals surface area (Å²) in [7, 11) is 0. The number of ether oxygens (including phenoxy) is 2. The van der Waals surface area contributed by atoms with Crippen molar-refractivity contribution < 1.29 is 27.4 Å². The molecular weight excluding hydrogens is 327 g/mol. The molecule has 2 heterocycles. The number of alkyl halides is 3. The second-order valence-corrected chi connectivity index (χ2v) is 5.29. The van der Waals surface area contributed by atoms with Gasteiger partial charge in [0.2, 0.25) is 5.91 Å². The van der Waals surface area contributed by atoms with E-state index >= 15 is 0 Å². The Morgan fingerprint density at radius 3 is 2.83 bits per heavy atom. The maximum atomic E-state index is 12.1. The molecule has 0 aliphatic carbocycles. The van der Waals surface area contributed by atoms with Gasteiger partial charge in [-0.05, 0) is 12.1 Å². The SMILES string of the molecule is O=C(CC(F)(F)F)Nc1cnn(C[C@@H]2COc3ccccc3O2)c1. The van der Waals surface area contributed by atoms with Crippen molar-refractivity contribution in [2.45, 2.75) is 25.2 Å². The van der Waals surface area contributed by atoms with Crippen molar-refractivity contribution in [3.8, 4) is 11.5 Å². The van der Waals surface area contributed by atoms with E-state index in [4.69, 9.17) is 9.47 Å². The lowest BCUT2D eigenvalue weighted by atomic mass is 10.2.